The van der Waals surface area contributed by atoms with Crippen molar-refractivity contribution in [3.63, 3.8) is 0 Å². The van der Waals surface area contributed by atoms with Crippen LogP contribution in [0.4, 0.5) is 28.4 Å². The summed E-state index contributed by atoms with van der Waals surface area (Å²) >= 11 is 1.88. The lowest BCUT2D eigenvalue weighted by molar-refractivity contribution is 0.629. The molecule has 1 aromatic heterocycles. The fourth-order valence-electron chi connectivity index (χ4n) is 10.1. The Kier molecular flexibility index (Phi) is 11.6. The average Bonchev–Trinajstić information content (AvgIpc) is 3.81. The topological polar surface area (TPSA) is 6.48 Å². The first-order valence-corrected chi connectivity index (χ1v) is 25.0. The summed E-state index contributed by atoms with van der Waals surface area (Å²) in [6.45, 7) is 2.36. The standard InChI is InChI=1S/C67H50N2S/c1-47-45-62(42-43-63(47)56-31-44-67-65(46-56)64-19-11-12-20-66(64)70-67)69(60-38-25-53(26-39-60)50-17-9-4-10-18-50)61-40-29-55(30-41-61)54-27-36-59(37-28-54)68(57-32-21-51(22-33-57)48-13-5-2-6-14-48)58-34-23-52(24-35-58)49-15-7-3-8-16-49/h2-47,63H,1H3. The Hall–Kier alpha value is -8.50. The first-order chi connectivity index (χ1) is 34.6. The smallest absolute Gasteiger partial charge is 0.0462 e. The van der Waals surface area contributed by atoms with E-state index in [1.807, 2.05) is 11.3 Å². The Morgan fingerprint density at radius 1 is 0.329 bits per heavy atom. The van der Waals surface area contributed by atoms with Crippen LogP contribution in [0.5, 0.6) is 0 Å². The molecule has 0 saturated heterocycles. The van der Waals surface area contributed by atoms with Crippen molar-refractivity contribution in [3.05, 3.63) is 284 Å². The maximum absolute atomic E-state index is 2.45. The zero-order valence-corrected chi connectivity index (χ0v) is 39.8. The number of anilines is 5. The predicted octanol–water partition coefficient (Wildman–Crippen LogP) is 19.2. The zero-order valence-electron chi connectivity index (χ0n) is 38.9. The molecule has 334 valence electrons. The van der Waals surface area contributed by atoms with E-state index in [0.29, 0.717) is 0 Å². The van der Waals surface area contributed by atoms with E-state index in [-0.39, 0.29) is 11.8 Å². The van der Waals surface area contributed by atoms with Gasteiger partial charge in [-0.05, 0) is 141 Å². The van der Waals surface area contributed by atoms with Crippen molar-refractivity contribution in [1.29, 1.82) is 0 Å². The molecule has 11 aromatic rings. The third kappa shape index (κ3) is 8.53. The van der Waals surface area contributed by atoms with Crippen LogP contribution in [0.1, 0.15) is 18.4 Å². The number of allylic oxidation sites excluding steroid dienone is 3. The molecule has 0 radical (unpaired) electrons. The van der Waals surface area contributed by atoms with Gasteiger partial charge in [-0.3, -0.25) is 0 Å². The molecule has 10 aromatic carbocycles. The molecule has 1 aliphatic rings. The number of rotatable bonds is 11. The number of hydrogen-bond acceptors (Lipinski definition) is 3. The highest BCUT2D eigenvalue weighted by Gasteiger charge is 2.24. The Morgan fingerprint density at radius 3 is 1.10 bits per heavy atom. The Balaban J connectivity index is 0.852. The van der Waals surface area contributed by atoms with E-state index in [0.717, 1.165) is 34.0 Å². The highest BCUT2D eigenvalue weighted by molar-refractivity contribution is 7.25. The number of benzene rings is 10. The normalized spacial score (nSPS) is 14.4. The molecule has 1 aliphatic carbocycles. The van der Waals surface area contributed by atoms with Crippen LogP contribution >= 0.6 is 11.3 Å². The van der Waals surface area contributed by atoms with E-state index < -0.39 is 0 Å². The van der Waals surface area contributed by atoms with Gasteiger partial charge >= 0.3 is 0 Å². The lowest BCUT2D eigenvalue weighted by atomic mass is 9.82. The second-order valence-electron chi connectivity index (χ2n) is 18.2. The summed E-state index contributed by atoms with van der Waals surface area (Å²) in [5.74, 6) is 0.562. The van der Waals surface area contributed by atoms with E-state index in [9.17, 15) is 0 Å². The van der Waals surface area contributed by atoms with E-state index in [4.69, 9.17) is 0 Å². The van der Waals surface area contributed by atoms with Gasteiger partial charge < -0.3 is 9.80 Å². The molecule has 2 nitrogen and oxygen atoms in total. The van der Waals surface area contributed by atoms with Crippen LogP contribution in [-0.2, 0) is 0 Å². The van der Waals surface area contributed by atoms with Gasteiger partial charge in [0.1, 0.15) is 0 Å². The van der Waals surface area contributed by atoms with Crippen molar-refractivity contribution >= 4 is 59.9 Å². The van der Waals surface area contributed by atoms with Crippen LogP contribution in [-0.4, -0.2) is 0 Å². The summed E-state index contributed by atoms with van der Waals surface area (Å²) in [7, 11) is 0. The summed E-state index contributed by atoms with van der Waals surface area (Å²) in [5.41, 5.74) is 17.6. The van der Waals surface area contributed by atoms with Crippen molar-refractivity contribution in [1.82, 2.24) is 0 Å². The first kappa shape index (κ1) is 42.8. The van der Waals surface area contributed by atoms with Gasteiger partial charge in [0.05, 0.1) is 0 Å². The molecular formula is C67H50N2S. The molecule has 0 bridgehead atoms. The molecule has 3 heteroatoms. The van der Waals surface area contributed by atoms with E-state index in [2.05, 4.69) is 290 Å². The van der Waals surface area contributed by atoms with Gasteiger partial charge in [0.15, 0.2) is 0 Å². The monoisotopic (exact) mass is 914 g/mol. The lowest BCUT2D eigenvalue weighted by Crippen LogP contribution is -2.20. The van der Waals surface area contributed by atoms with Gasteiger partial charge in [-0.2, -0.15) is 0 Å². The number of thiophene rings is 1. The third-order valence-electron chi connectivity index (χ3n) is 13.8. The largest absolute Gasteiger partial charge is 0.311 e. The van der Waals surface area contributed by atoms with Crippen LogP contribution < -0.4 is 9.80 Å². The Morgan fingerprint density at radius 2 is 0.686 bits per heavy atom. The van der Waals surface area contributed by atoms with E-state index >= 15 is 0 Å². The Bertz CT molecular complexity index is 3530. The molecule has 0 amide bonds. The minimum absolute atomic E-state index is 0.276. The first-order valence-electron chi connectivity index (χ1n) is 24.2. The molecule has 0 N–H and O–H groups in total. The highest BCUT2D eigenvalue weighted by atomic mass is 32.1. The summed E-state index contributed by atoms with van der Waals surface area (Å²) < 4.78 is 2.69. The molecule has 1 heterocycles. The minimum atomic E-state index is 0.276. The SMILES string of the molecule is CC1C=C(N(c2ccc(-c3ccccc3)cc2)c2ccc(-c3ccc(N(c4ccc(-c5ccccc5)cc4)c4ccc(-c5ccccc5)cc4)cc3)cc2)C=CC1c1ccc2sc3ccccc3c2c1. The van der Waals surface area contributed by atoms with Gasteiger partial charge in [-0.15, -0.1) is 11.3 Å². The van der Waals surface area contributed by atoms with Crippen molar-refractivity contribution in [2.75, 3.05) is 9.80 Å². The number of hydrogen-bond donors (Lipinski definition) is 0. The van der Waals surface area contributed by atoms with Gasteiger partial charge in [0.2, 0.25) is 0 Å². The van der Waals surface area contributed by atoms with Crippen LogP contribution in [0.25, 0.3) is 64.7 Å². The summed E-state index contributed by atoms with van der Waals surface area (Å²) in [6, 6.07) is 92.4. The molecule has 2 atom stereocenters. The fourth-order valence-corrected chi connectivity index (χ4v) is 11.2. The van der Waals surface area contributed by atoms with Gasteiger partial charge in [-0.25, -0.2) is 0 Å². The average molecular weight is 915 g/mol. The fraction of sp³-hybridized carbons (Fsp3) is 0.0448. The summed E-state index contributed by atoms with van der Waals surface area (Å²) in [5, 5.41) is 2.69. The molecule has 0 saturated carbocycles. The highest BCUT2D eigenvalue weighted by Crippen LogP contribution is 2.43. The molecule has 0 aliphatic heterocycles. The van der Waals surface area contributed by atoms with Crippen LogP contribution in [0.2, 0.25) is 0 Å². The van der Waals surface area contributed by atoms with Crippen molar-refractivity contribution < 1.29 is 0 Å². The van der Waals surface area contributed by atoms with E-state index in [1.165, 1.54) is 70.4 Å². The molecule has 70 heavy (non-hydrogen) atoms. The van der Waals surface area contributed by atoms with E-state index in [1.54, 1.807) is 0 Å². The van der Waals surface area contributed by atoms with Gasteiger partial charge in [0, 0.05) is 60.2 Å². The van der Waals surface area contributed by atoms with Crippen LogP contribution in [0.15, 0.2) is 279 Å². The van der Waals surface area contributed by atoms with Crippen LogP contribution in [0, 0.1) is 5.92 Å². The quantitative estimate of drug-likeness (QED) is 0.128. The van der Waals surface area contributed by atoms with Crippen molar-refractivity contribution in [2.45, 2.75) is 12.8 Å². The summed E-state index contributed by atoms with van der Waals surface area (Å²) in [4.78, 5) is 4.75. The number of nitrogens with zero attached hydrogens (tertiary/aromatic N) is 2. The van der Waals surface area contributed by atoms with Crippen molar-refractivity contribution in [3.8, 4) is 44.5 Å². The van der Waals surface area contributed by atoms with Gasteiger partial charge in [0.25, 0.3) is 0 Å². The second-order valence-corrected chi connectivity index (χ2v) is 19.3. The van der Waals surface area contributed by atoms with Gasteiger partial charge in [-0.1, -0.05) is 195 Å². The minimum Gasteiger partial charge on any atom is -0.311 e. The maximum Gasteiger partial charge on any atom is 0.0462 e. The number of fused-ring (bicyclic) bond motifs is 3. The zero-order chi connectivity index (χ0) is 46.8. The molecular weight excluding hydrogens is 865 g/mol. The summed E-state index contributed by atoms with van der Waals surface area (Å²) in [6.07, 6.45) is 7.19. The van der Waals surface area contributed by atoms with Crippen LogP contribution in [0.3, 0.4) is 0 Å². The lowest BCUT2D eigenvalue weighted by Gasteiger charge is -2.31. The predicted molar refractivity (Wildman–Crippen MR) is 300 cm³/mol. The molecule has 12 rings (SSSR count). The Labute approximate surface area is 415 Å². The molecule has 0 fully saturated rings. The molecule has 0 spiro atoms. The second kappa shape index (κ2) is 18.9. The van der Waals surface area contributed by atoms with Crippen molar-refractivity contribution in [2.24, 2.45) is 5.92 Å². The third-order valence-corrected chi connectivity index (χ3v) is 15.0. The molecule has 2 unspecified atom stereocenters. The maximum atomic E-state index is 2.45.